The summed E-state index contributed by atoms with van der Waals surface area (Å²) in [6.45, 7) is 7.99. The number of ether oxygens (including phenoxy) is 1. The molecule has 9 nitrogen and oxygen atoms in total. The van der Waals surface area contributed by atoms with Gasteiger partial charge in [0.25, 0.3) is 5.91 Å². The molecule has 3 aliphatic heterocycles. The number of benzene rings is 2. The molecule has 0 bridgehead atoms. The lowest BCUT2D eigenvalue weighted by atomic mass is 9.89. The van der Waals surface area contributed by atoms with Gasteiger partial charge in [0, 0.05) is 32.1 Å². The van der Waals surface area contributed by atoms with Crippen molar-refractivity contribution in [2.45, 2.75) is 58.4 Å². The van der Waals surface area contributed by atoms with E-state index in [2.05, 4.69) is 5.32 Å². The zero-order valence-corrected chi connectivity index (χ0v) is 24.5. The summed E-state index contributed by atoms with van der Waals surface area (Å²) >= 11 is 0. The number of fused-ring (bicyclic) bond motifs is 1. The summed E-state index contributed by atoms with van der Waals surface area (Å²) in [7, 11) is -3.49. The van der Waals surface area contributed by atoms with Crippen LogP contribution < -0.4 is 5.32 Å². The number of nitrogens with zero attached hydrogens (tertiary/aromatic N) is 3. The minimum Gasteiger partial charge on any atom is -0.449 e. The summed E-state index contributed by atoms with van der Waals surface area (Å²) in [4.78, 5) is 32.3. The Bertz CT molecular complexity index is 1400. The molecule has 2 aromatic carbocycles. The van der Waals surface area contributed by atoms with Crippen LogP contribution in [0.3, 0.4) is 0 Å². The highest BCUT2D eigenvalue weighted by atomic mass is 32.2. The maximum atomic E-state index is 13.2. The predicted octanol–water partition coefficient (Wildman–Crippen LogP) is 3.97. The number of aliphatic imine (C=N–C) groups is 1. The van der Waals surface area contributed by atoms with Crippen molar-refractivity contribution in [3.05, 3.63) is 48.0 Å². The molecular weight excluding hydrogens is 528 g/mol. The number of nitrogens with one attached hydrogen (secondary N) is 1. The lowest BCUT2D eigenvalue weighted by Gasteiger charge is -2.35. The summed E-state index contributed by atoms with van der Waals surface area (Å²) in [6, 6.07) is 14.0. The van der Waals surface area contributed by atoms with Crippen LogP contribution in [0.25, 0.3) is 10.8 Å². The zero-order valence-electron chi connectivity index (χ0n) is 23.7. The third-order valence-corrected chi connectivity index (χ3v) is 10.0. The number of piperidine rings is 2. The van der Waals surface area contributed by atoms with Gasteiger partial charge in [0.1, 0.15) is 11.4 Å². The third kappa shape index (κ3) is 6.17. The molecule has 5 rings (SSSR count). The third-order valence-electron chi connectivity index (χ3n) is 8.15. The molecule has 0 radical (unpaired) electrons. The molecule has 40 heavy (non-hydrogen) atoms. The van der Waals surface area contributed by atoms with E-state index in [1.54, 1.807) is 4.90 Å². The van der Waals surface area contributed by atoms with Gasteiger partial charge in [0.05, 0.1) is 12.4 Å². The number of hydrogen-bond donors (Lipinski definition) is 1. The number of carbonyl (C=O) groups is 2. The Morgan fingerprint density at radius 2 is 1.82 bits per heavy atom. The minimum atomic E-state index is -3.49. The van der Waals surface area contributed by atoms with E-state index in [-0.39, 0.29) is 42.2 Å². The van der Waals surface area contributed by atoms with E-state index >= 15 is 0 Å². The van der Waals surface area contributed by atoms with Crippen LogP contribution in [0.4, 0.5) is 4.79 Å². The van der Waals surface area contributed by atoms with Crippen LogP contribution in [-0.2, 0) is 26.0 Å². The van der Waals surface area contributed by atoms with Gasteiger partial charge < -0.3 is 15.0 Å². The van der Waals surface area contributed by atoms with E-state index in [0.29, 0.717) is 44.8 Å². The Balaban J connectivity index is 1.19. The molecule has 2 aromatic rings. The van der Waals surface area contributed by atoms with Gasteiger partial charge in [-0.25, -0.2) is 17.5 Å². The van der Waals surface area contributed by atoms with Crippen LogP contribution in [0.5, 0.6) is 0 Å². The highest BCUT2D eigenvalue weighted by Crippen LogP contribution is 2.34. The van der Waals surface area contributed by atoms with Crippen molar-refractivity contribution < 1.29 is 22.7 Å². The SMILES string of the molecule is CC(C)(C)COC(=O)N1CCCC(C2=NC3(CCN(S(=O)(=O)CCc4cccc5ccccc45)CC3)C(=O)N2)C1. The van der Waals surface area contributed by atoms with Crippen LogP contribution in [0.2, 0.25) is 0 Å². The Morgan fingerprint density at radius 1 is 1.10 bits per heavy atom. The van der Waals surface area contributed by atoms with Gasteiger partial charge >= 0.3 is 6.09 Å². The smallest absolute Gasteiger partial charge is 0.409 e. The average molecular weight is 569 g/mol. The van der Waals surface area contributed by atoms with Gasteiger partial charge in [-0.15, -0.1) is 0 Å². The number of amidine groups is 1. The molecule has 3 heterocycles. The zero-order chi connectivity index (χ0) is 28.5. The summed E-state index contributed by atoms with van der Waals surface area (Å²) in [5.41, 5.74) is -0.0336. The normalized spacial score (nSPS) is 21.9. The first-order valence-electron chi connectivity index (χ1n) is 14.2. The predicted molar refractivity (Wildman–Crippen MR) is 156 cm³/mol. The monoisotopic (exact) mass is 568 g/mol. The Labute approximate surface area is 237 Å². The van der Waals surface area contributed by atoms with Crippen molar-refractivity contribution in [3.8, 4) is 0 Å². The van der Waals surface area contributed by atoms with Gasteiger partial charge in [-0.05, 0) is 53.9 Å². The average Bonchev–Trinajstić information content (AvgIpc) is 3.25. The second kappa shape index (κ2) is 11.1. The van der Waals surface area contributed by atoms with Gasteiger partial charge in [-0.2, -0.15) is 0 Å². The molecule has 1 N–H and O–H groups in total. The molecule has 1 unspecified atom stereocenters. The van der Waals surface area contributed by atoms with Crippen LogP contribution in [0.15, 0.2) is 47.5 Å². The van der Waals surface area contributed by atoms with Crippen molar-refractivity contribution in [1.29, 1.82) is 0 Å². The number of likely N-dealkylation sites (tertiary alicyclic amines) is 1. The van der Waals surface area contributed by atoms with E-state index < -0.39 is 15.6 Å². The Morgan fingerprint density at radius 3 is 2.58 bits per heavy atom. The number of carbonyl (C=O) groups excluding carboxylic acids is 2. The van der Waals surface area contributed by atoms with Crippen molar-refractivity contribution in [2.75, 3.05) is 38.5 Å². The lowest BCUT2D eigenvalue weighted by molar-refractivity contribution is -0.125. The fourth-order valence-corrected chi connectivity index (χ4v) is 7.30. The van der Waals surface area contributed by atoms with Crippen LogP contribution in [0.1, 0.15) is 52.0 Å². The highest BCUT2D eigenvalue weighted by molar-refractivity contribution is 7.89. The molecule has 1 spiro atoms. The van der Waals surface area contributed by atoms with Crippen LogP contribution >= 0.6 is 0 Å². The molecule has 1 atom stereocenters. The summed E-state index contributed by atoms with van der Waals surface area (Å²) < 4.78 is 33.5. The molecule has 2 saturated heterocycles. The molecule has 0 aliphatic carbocycles. The highest BCUT2D eigenvalue weighted by Gasteiger charge is 2.48. The number of aryl methyl sites for hydroxylation is 1. The minimum absolute atomic E-state index is 0.0257. The number of amides is 2. The molecule has 2 amide bonds. The van der Waals surface area contributed by atoms with E-state index in [0.717, 1.165) is 29.2 Å². The quantitative estimate of drug-likeness (QED) is 0.567. The van der Waals surface area contributed by atoms with Crippen molar-refractivity contribution >= 4 is 38.6 Å². The maximum absolute atomic E-state index is 13.2. The molecular formula is C30H40N4O5S. The number of sulfonamides is 1. The van der Waals surface area contributed by atoms with Crippen LogP contribution in [-0.4, -0.2) is 79.5 Å². The van der Waals surface area contributed by atoms with E-state index in [1.807, 2.05) is 63.2 Å². The molecule has 2 fully saturated rings. The first-order chi connectivity index (χ1) is 19.0. The second-order valence-electron chi connectivity index (χ2n) is 12.5. The van der Waals surface area contributed by atoms with Crippen molar-refractivity contribution in [3.63, 3.8) is 0 Å². The Kier molecular flexibility index (Phi) is 7.94. The number of rotatable bonds is 6. The first kappa shape index (κ1) is 28.5. The van der Waals surface area contributed by atoms with Gasteiger partial charge in [-0.1, -0.05) is 63.2 Å². The molecule has 3 aliphatic rings. The van der Waals surface area contributed by atoms with E-state index in [4.69, 9.17) is 9.73 Å². The molecule has 0 saturated carbocycles. The molecule has 10 heteroatoms. The molecule has 0 aromatic heterocycles. The molecule has 216 valence electrons. The fourth-order valence-electron chi connectivity index (χ4n) is 5.82. The van der Waals surface area contributed by atoms with Gasteiger partial charge in [-0.3, -0.25) is 9.79 Å². The van der Waals surface area contributed by atoms with Crippen molar-refractivity contribution in [1.82, 2.24) is 14.5 Å². The summed E-state index contributed by atoms with van der Waals surface area (Å²) in [6.07, 6.45) is 2.43. The van der Waals surface area contributed by atoms with E-state index in [9.17, 15) is 18.0 Å². The summed E-state index contributed by atoms with van der Waals surface area (Å²) in [5.74, 6) is 0.410. The Hall–Kier alpha value is -2.98. The number of hydrogen-bond acceptors (Lipinski definition) is 6. The first-order valence-corrected chi connectivity index (χ1v) is 15.8. The van der Waals surface area contributed by atoms with Crippen molar-refractivity contribution in [2.24, 2.45) is 16.3 Å². The topological polar surface area (TPSA) is 108 Å². The second-order valence-corrected chi connectivity index (χ2v) is 14.6. The van der Waals surface area contributed by atoms with Crippen LogP contribution in [0, 0.1) is 11.3 Å². The van der Waals surface area contributed by atoms with E-state index in [1.165, 1.54) is 4.31 Å². The maximum Gasteiger partial charge on any atom is 0.409 e. The van der Waals surface area contributed by atoms with Gasteiger partial charge in [0.2, 0.25) is 10.0 Å². The van der Waals surface area contributed by atoms with Gasteiger partial charge in [0.15, 0.2) is 0 Å². The fraction of sp³-hybridized carbons (Fsp3) is 0.567. The largest absolute Gasteiger partial charge is 0.449 e. The standard InChI is InChI=1S/C30H40N4O5S/c1-29(2,3)21-39-28(36)33-16-7-11-24(20-33)26-31-27(35)30(32-26)14-17-34(18-15-30)40(37,38)19-13-23-10-6-9-22-8-4-5-12-25(22)23/h4-6,8-10,12,24H,7,11,13-21H2,1-3H3,(H,31,32,35). The lowest BCUT2D eigenvalue weighted by Crippen LogP contribution is -2.51. The summed E-state index contributed by atoms with van der Waals surface area (Å²) in [5, 5.41) is 5.15.